The first kappa shape index (κ1) is 20.1. The van der Waals surface area contributed by atoms with Crippen molar-refractivity contribution in [3.05, 3.63) is 60.7 Å². The first-order chi connectivity index (χ1) is 12.9. The van der Waals surface area contributed by atoms with Crippen LogP contribution in [0.25, 0.3) is 0 Å². The lowest BCUT2D eigenvalue weighted by Gasteiger charge is -2.15. The van der Waals surface area contributed by atoms with Gasteiger partial charge in [-0.2, -0.15) is 5.10 Å². The number of rotatable bonds is 5. The van der Waals surface area contributed by atoms with Crippen molar-refractivity contribution in [1.29, 1.82) is 0 Å². The number of likely N-dealkylation sites (tertiary alicyclic amines) is 1. The largest absolute Gasteiger partial charge is 0.506 e. The minimum absolute atomic E-state index is 0.0324. The fraction of sp³-hybridized carbons (Fsp3) is 0.211. The number of amides is 2. The fourth-order valence-corrected chi connectivity index (χ4v) is 4.83. The number of nitrogens with zero attached hydrogens (tertiary/aromatic N) is 2. The minimum Gasteiger partial charge on any atom is -0.506 e. The highest BCUT2D eigenvalue weighted by Gasteiger charge is 2.31. The van der Waals surface area contributed by atoms with Crippen LogP contribution in [0.4, 0.5) is 0 Å². The quantitative estimate of drug-likeness (QED) is 0.320. The molecular formula is C19H17I2N3O3. The van der Waals surface area contributed by atoms with Crippen LogP contribution < -0.4 is 5.43 Å². The minimum atomic E-state index is -0.367. The van der Waals surface area contributed by atoms with E-state index in [1.54, 1.807) is 11.0 Å². The van der Waals surface area contributed by atoms with Crippen LogP contribution in [0.1, 0.15) is 23.5 Å². The molecule has 1 aliphatic heterocycles. The smallest absolute Gasteiger partial charge is 0.259 e. The van der Waals surface area contributed by atoms with Gasteiger partial charge in [0.2, 0.25) is 5.91 Å². The van der Waals surface area contributed by atoms with Crippen molar-refractivity contribution in [2.24, 2.45) is 5.10 Å². The highest BCUT2D eigenvalue weighted by molar-refractivity contribution is 14.1. The molecule has 2 N–H and O–H groups in total. The summed E-state index contributed by atoms with van der Waals surface area (Å²) in [6.07, 6.45) is 1.81. The maximum absolute atomic E-state index is 12.2. The van der Waals surface area contributed by atoms with Crippen molar-refractivity contribution in [3.8, 4) is 5.75 Å². The van der Waals surface area contributed by atoms with Gasteiger partial charge in [0, 0.05) is 28.0 Å². The van der Waals surface area contributed by atoms with Crippen molar-refractivity contribution in [1.82, 2.24) is 10.3 Å². The molecule has 0 aromatic heterocycles. The second-order valence-electron chi connectivity index (χ2n) is 6.20. The van der Waals surface area contributed by atoms with E-state index in [2.05, 4.69) is 33.1 Å². The van der Waals surface area contributed by atoms with Crippen LogP contribution in [0.3, 0.4) is 0 Å². The van der Waals surface area contributed by atoms with Crippen molar-refractivity contribution in [2.45, 2.75) is 12.3 Å². The van der Waals surface area contributed by atoms with E-state index in [1.165, 1.54) is 6.21 Å². The predicted molar refractivity (Wildman–Crippen MR) is 120 cm³/mol. The summed E-state index contributed by atoms with van der Waals surface area (Å²) >= 11 is 4.18. The van der Waals surface area contributed by atoms with Crippen LogP contribution in [0, 0.1) is 7.14 Å². The van der Waals surface area contributed by atoms with Crippen molar-refractivity contribution < 1.29 is 14.7 Å². The number of nitrogens with one attached hydrogen (secondary N) is 1. The van der Waals surface area contributed by atoms with Gasteiger partial charge < -0.3 is 10.0 Å². The number of halogens is 2. The van der Waals surface area contributed by atoms with Gasteiger partial charge >= 0.3 is 0 Å². The number of benzene rings is 2. The molecule has 0 unspecified atom stereocenters. The second kappa shape index (κ2) is 9.00. The van der Waals surface area contributed by atoms with Crippen LogP contribution in [-0.4, -0.2) is 41.1 Å². The summed E-state index contributed by atoms with van der Waals surface area (Å²) in [5.41, 5.74) is 4.05. The van der Waals surface area contributed by atoms with Gasteiger partial charge in [-0.05, 0) is 62.9 Å². The molecule has 27 heavy (non-hydrogen) atoms. The number of phenolic OH excluding ortho intramolecular Hbond substituents is 1. The molecule has 140 valence electrons. The Morgan fingerprint density at radius 1 is 1.30 bits per heavy atom. The number of aromatic hydroxyl groups is 1. The molecule has 1 saturated heterocycles. The Hall–Kier alpha value is -1.69. The summed E-state index contributed by atoms with van der Waals surface area (Å²) in [6, 6.07) is 13.4. The van der Waals surface area contributed by atoms with Crippen molar-refractivity contribution in [2.75, 3.05) is 13.1 Å². The lowest BCUT2D eigenvalue weighted by atomic mass is 9.99. The van der Waals surface area contributed by atoms with Gasteiger partial charge in [0.25, 0.3) is 5.91 Å². The van der Waals surface area contributed by atoms with E-state index in [-0.39, 0.29) is 30.0 Å². The van der Waals surface area contributed by atoms with E-state index in [1.807, 2.05) is 59.0 Å². The summed E-state index contributed by atoms with van der Waals surface area (Å²) in [4.78, 5) is 25.8. The maximum Gasteiger partial charge on any atom is 0.259 e. The standard InChI is InChI=1S/C19H17I2N3O3/c20-15-6-13(19(27)16(21)8-15)9-22-23-17(25)11-24-10-14(7-18(24)26)12-4-2-1-3-5-12/h1-6,8-9,14,27H,7,10-11H2,(H,23,25)/b22-9-/t14-/m1/s1. The lowest BCUT2D eigenvalue weighted by Crippen LogP contribution is -2.36. The maximum atomic E-state index is 12.2. The summed E-state index contributed by atoms with van der Waals surface area (Å²) in [5, 5.41) is 13.9. The summed E-state index contributed by atoms with van der Waals surface area (Å²) in [7, 11) is 0. The predicted octanol–water partition coefficient (Wildman–Crippen LogP) is 3.07. The highest BCUT2D eigenvalue weighted by Crippen LogP contribution is 2.28. The molecule has 0 aliphatic carbocycles. The van der Waals surface area contributed by atoms with E-state index in [0.717, 1.165) is 9.13 Å². The van der Waals surface area contributed by atoms with E-state index in [4.69, 9.17) is 0 Å². The average Bonchev–Trinajstić information content (AvgIpc) is 3.00. The number of hydrazone groups is 1. The van der Waals surface area contributed by atoms with E-state index in [0.29, 0.717) is 22.1 Å². The van der Waals surface area contributed by atoms with Gasteiger partial charge in [0.1, 0.15) is 12.3 Å². The molecule has 0 spiro atoms. The Labute approximate surface area is 184 Å². The zero-order valence-electron chi connectivity index (χ0n) is 14.2. The molecule has 0 radical (unpaired) electrons. The highest BCUT2D eigenvalue weighted by atomic mass is 127. The summed E-state index contributed by atoms with van der Waals surface area (Å²) in [6.45, 7) is 0.491. The third-order valence-corrected chi connectivity index (χ3v) is 5.72. The van der Waals surface area contributed by atoms with E-state index < -0.39 is 0 Å². The van der Waals surface area contributed by atoms with Crippen LogP contribution in [0.5, 0.6) is 5.75 Å². The summed E-state index contributed by atoms with van der Waals surface area (Å²) in [5.74, 6) is -0.171. The number of hydrogen-bond donors (Lipinski definition) is 2. The molecule has 8 heteroatoms. The average molecular weight is 589 g/mol. The topological polar surface area (TPSA) is 82.0 Å². The van der Waals surface area contributed by atoms with Gasteiger partial charge in [-0.25, -0.2) is 5.43 Å². The van der Waals surface area contributed by atoms with Gasteiger partial charge in [-0.1, -0.05) is 30.3 Å². The third kappa shape index (κ3) is 5.18. The molecule has 3 rings (SSSR count). The second-order valence-corrected chi connectivity index (χ2v) is 8.61. The van der Waals surface area contributed by atoms with E-state index in [9.17, 15) is 14.7 Å². The number of phenols is 1. The van der Waals surface area contributed by atoms with Gasteiger partial charge in [0.15, 0.2) is 0 Å². The Bertz CT molecular complexity index is 887. The molecule has 1 fully saturated rings. The molecule has 1 heterocycles. The SMILES string of the molecule is O=C(CN1C[C@H](c2ccccc2)CC1=O)N/N=C\c1cc(I)cc(I)c1O. The van der Waals surface area contributed by atoms with Crippen LogP contribution in [0.2, 0.25) is 0 Å². The number of hydrogen-bond acceptors (Lipinski definition) is 4. The normalized spacial score (nSPS) is 16.9. The van der Waals surface area contributed by atoms with Crippen molar-refractivity contribution in [3.63, 3.8) is 0 Å². The van der Waals surface area contributed by atoms with Gasteiger partial charge in [-0.15, -0.1) is 0 Å². The Balaban J connectivity index is 1.56. The van der Waals surface area contributed by atoms with Crippen molar-refractivity contribution >= 4 is 63.2 Å². The van der Waals surface area contributed by atoms with E-state index >= 15 is 0 Å². The zero-order chi connectivity index (χ0) is 19.4. The van der Waals surface area contributed by atoms with Gasteiger partial charge in [0.05, 0.1) is 9.78 Å². The number of carbonyl (C=O) groups excluding carboxylic acids is 2. The molecule has 0 bridgehead atoms. The third-order valence-electron chi connectivity index (χ3n) is 4.27. The molecule has 0 saturated carbocycles. The molecule has 2 aromatic rings. The molecule has 2 aromatic carbocycles. The first-order valence-corrected chi connectivity index (χ1v) is 10.4. The summed E-state index contributed by atoms with van der Waals surface area (Å²) < 4.78 is 1.67. The lowest BCUT2D eigenvalue weighted by molar-refractivity contribution is -0.133. The van der Waals surface area contributed by atoms with Crippen LogP contribution in [0.15, 0.2) is 47.6 Å². The monoisotopic (exact) mass is 589 g/mol. The number of carbonyl (C=O) groups is 2. The fourth-order valence-electron chi connectivity index (χ4n) is 2.94. The molecular weight excluding hydrogens is 572 g/mol. The van der Waals surface area contributed by atoms with Gasteiger partial charge in [-0.3, -0.25) is 9.59 Å². The first-order valence-electron chi connectivity index (χ1n) is 8.26. The van der Waals surface area contributed by atoms with Crippen LogP contribution >= 0.6 is 45.2 Å². The Morgan fingerprint density at radius 2 is 2.04 bits per heavy atom. The molecule has 2 amide bonds. The molecule has 1 atom stereocenters. The zero-order valence-corrected chi connectivity index (χ0v) is 18.5. The van der Waals surface area contributed by atoms with Crippen LogP contribution in [-0.2, 0) is 9.59 Å². The Kier molecular flexibility index (Phi) is 6.68. The molecule has 6 nitrogen and oxygen atoms in total. The Morgan fingerprint density at radius 3 is 2.78 bits per heavy atom. The molecule has 1 aliphatic rings.